The average molecular weight is 413 g/mol. The largest absolute Gasteiger partial charge is 0.348 e. The van der Waals surface area contributed by atoms with Gasteiger partial charge >= 0.3 is 5.69 Å². The smallest absolute Gasteiger partial charge is 0.284 e. The highest BCUT2D eigenvalue weighted by Gasteiger charge is 2.30. The second-order valence-electron chi connectivity index (χ2n) is 6.29. The van der Waals surface area contributed by atoms with Gasteiger partial charge in [0, 0.05) is 0 Å². The van der Waals surface area contributed by atoms with Gasteiger partial charge in [-0.15, -0.1) is 0 Å². The predicted molar refractivity (Wildman–Crippen MR) is 99.7 cm³/mol. The third-order valence-corrected chi connectivity index (χ3v) is 7.00. The topological polar surface area (TPSA) is 86.8 Å². The first-order chi connectivity index (χ1) is 12.3. The monoisotopic (exact) mass is 412 g/mol. The summed E-state index contributed by atoms with van der Waals surface area (Å²) in [4.78, 5) is 16.2. The fourth-order valence-electron chi connectivity index (χ4n) is 3.22. The van der Waals surface area contributed by atoms with Crippen LogP contribution in [0, 0.1) is 0 Å². The Balaban J connectivity index is 1.77. The third kappa shape index (κ3) is 3.13. The van der Waals surface area contributed by atoms with Gasteiger partial charge in [-0.1, -0.05) is 29.3 Å². The van der Waals surface area contributed by atoms with Crippen LogP contribution >= 0.6 is 23.2 Å². The van der Waals surface area contributed by atoms with Crippen LogP contribution in [0.3, 0.4) is 0 Å². The molecule has 1 aliphatic heterocycles. The molecule has 26 heavy (non-hydrogen) atoms. The standard InChI is InChI=1S/C16H14Cl2N4O3S/c17-12-2-1-10(5-13(12)18)8-21-14-7-20-22(15(14)6-19-16(21)23)11-3-4-26(24,25)9-11/h1-2,5-7,11H,3-4,8-9H2/t11-/m1/s1. The Labute approximate surface area is 159 Å². The molecule has 4 rings (SSSR count). The molecule has 1 aromatic carbocycles. The highest BCUT2D eigenvalue weighted by atomic mass is 35.5. The van der Waals surface area contributed by atoms with Crippen molar-refractivity contribution in [2.45, 2.75) is 19.0 Å². The molecule has 3 aromatic rings. The zero-order valence-electron chi connectivity index (χ0n) is 13.5. The lowest BCUT2D eigenvalue weighted by Gasteiger charge is -2.11. The summed E-state index contributed by atoms with van der Waals surface area (Å²) in [6.07, 6.45) is 3.52. The molecule has 3 heterocycles. The summed E-state index contributed by atoms with van der Waals surface area (Å²) >= 11 is 12.0. The van der Waals surface area contributed by atoms with E-state index >= 15 is 0 Å². The molecule has 0 amide bonds. The molecule has 1 fully saturated rings. The number of rotatable bonds is 3. The molecule has 2 aromatic heterocycles. The number of sulfone groups is 1. The number of nitrogens with zero attached hydrogens (tertiary/aromatic N) is 4. The van der Waals surface area contributed by atoms with Gasteiger partial charge in [-0.2, -0.15) is 10.1 Å². The second-order valence-corrected chi connectivity index (χ2v) is 9.33. The van der Waals surface area contributed by atoms with Crippen molar-refractivity contribution in [2.24, 2.45) is 0 Å². The summed E-state index contributed by atoms with van der Waals surface area (Å²) in [5, 5.41) is 5.17. The van der Waals surface area contributed by atoms with Gasteiger partial charge in [0.15, 0.2) is 9.84 Å². The van der Waals surface area contributed by atoms with Crippen LogP contribution < -0.4 is 5.69 Å². The molecule has 136 valence electrons. The van der Waals surface area contributed by atoms with E-state index in [4.69, 9.17) is 23.2 Å². The maximum atomic E-state index is 12.3. The predicted octanol–water partition coefficient (Wildman–Crippen LogP) is 2.31. The van der Waals surface area contributed by atoms with Crippen molar-refractivity contribution in [1.82, 2.24) is 19.3 Å². The van der Waals surface area contributed by atoms with E-state index in [1.807, 2.05) is 0 Å². The van der Waals surface area contributed by atoms with Crippen LogP contribution in [0.5, 0.6) is 0 Å². The molecule has 0 N–H and O–H groups in total. The maximum Gasteiger partial charge on any atom is 0.348 e. The molecule has 0 bridgehead atoms. The highest BCUT2D eigenvalue weighted by molar-refractivity contribution is 7.91. The van der Waals surface area contributed by atoms with Gasteiger partial charge in [0.25, 0.3) is 0 Å². The van der Waals surface area contributed by atoms with E-state index in [2.05, 4.69) is 10.1 Å². The molecular weight excluding hydrogens is 399 g/mol. The van der Waals surface area contributed by atoms with Crippen molar-refractivity contribution in [3.05, 3.63) is 56.7 Å². The van der Waals surface area contributed by atoms with Crippen LogP contribution in [0.4, 0.5) is 0 Å². The number of halogens is 2. The lowest BCUT2D eigenvalue weighted by Crippen LogP contribution is -2.23. The quantitative estimate of drug-likeness (QED) is 0.658. The fourth-order valence-corrected chi connectivity index (χ4v) is 5.23. The van der Waals surface area contributed by atoms with Gasteiger partial charge in [-0.25, -0.2) is 13.2 Å². The maximum absolute atomic E-state index is 12.3. The van der Waals surface area contributed by atoms with Crippen molar-refractivity contribution >= 4 is 44.1 Å². The van der Waals surface area contributed by atoms with Crippen LogP contribution in [-0.4, -0.2) is 39.3 Å². The highest BCUT2D eigenvalue weighted by Crippen LogP contribution is 2.27. The van der Waals surface area contributed by atoms with Gasteiger partial charge in [0.05, 0.1) is 52.0 Å². The van der Waals surface area contributed by atoms with Crippen LogP contribution in [0.1, 0.15) is 18.0 Å². The Morgan fingerprint density at radius 1 is 1.15 bits per heavy atom. The summed E-state index contributed by atoms with van der Waals surface area (Å²) in [7, 11) is -3.04. The molecule has 0 unspecified atom stereocenters. The number of aromatic nitrogens is 4. The minimum atomic E-state index is -3.04. The molecule has 0 aliphatic carbocycles. The van der Waals surface area contributed by atoms with Crippen LogP contribution in [0.2, 0.25) is 10.0 Å². The Morgan fingerprint density at radius 3 is 2.65 bits per heavy atom. The lowest BCUT2D eigenvalue weighted by atomic mass is 10.2. The summed E-state index contributed by atoms with van der Waals surface area (Å²) in [5.74, 6) is 0.199. The Hall–Kier alpha value is -1.90. The molecule has 0 saturated carbocycles. The summed E-state index contributed by atoms with van der Waals surface area (Å²) in [5.41, 5.74) is 1.61. The zero-order valence-corrected chi connectivity index (χ0v) is 15.8. The second kappa shape index (κ2) is 6.37. The summed E-state index contributed by atoms with van der Waals surface area (Å²) in [6, 6.07) is 4.91. The van der Waals surface area contributed by atoms with Gasteiger partial charge in [-0.05, 0) is 24.1 Å². The van der Waals surface area contributed by atoms with Gasteiger partial charge in [0.2, 0.25) is 0 Å². The van der Waals surface area contributed by atoms with Crippen molar-refractivity contribution in [1.29, 1.82) is 0 Å². The molecule has 0 radical (unpaired) electrons. The number of fused-ring (bicyclic) bond motifs is 1. The molecular formula is C16H14Cl2N4O3S. The van der Waals surface area contributed by atoms with E-state index in [-0.39, 0.29) is 24.1 Å². The fraction of sp³-hybridized carbons (Fsp3) is 0.312. The van der Waals surface area contributed by atoms with E-state index in [9.17, 15) is 13.2 Å². The van der Waals surface area contributed by atoms with Crippen molar-refractivity contribution in [2.75, 3.05) is 11.5 Å². The van der Waals surface area contributed by atoms with E-state index in [0.717, 1.165) is 5.56 Å². The number of hydrogen-bond donors (Lipinski definition) is 0. The minimum Gasteiger partial charge on any atom is -0.284 e. The molecule has 0 spiro atoms. The van der Waals surface area contributed by atoms with Crippen molar-refractivity contribution in [3.8, 4) is 0 Å². The molecule has 1 atom stereocenters. The van der Waals surface area contributed by atoms with E-state index < -0.39 is 15.5 Å². The first-order valence-corrected chi connectivity index (χ1v) is 10.5. The van der Waals surface area contributed by atoms with Crippen LogP contribution in [0.25, 0.3) is 11.0 Å². The summed E-state index contributed by atoms with van der Waals surface area (Å²) < 4.78 is 26.7. The SMILES string of the molecule is O=c1ncc2c(cnn2[C@@H]2CCS(=O)(=O)C2)n1Cc1ccc(Cl)c(Cl)c1. The average Bonchev–Trinajstić information content (AvgIpc) is 3.16. The minimum absolute atomic E-state index is 0.0513. The number of benzene rings is 1. The number of hydrogen-bond acceptors (Lipinski definition) is 5. The van der Waals surface area contributed by atoms with Gasteiger partial charge < -0.3 is 0 Å². The lowest BCUT2D eigenvalue weighted by molar-refractivity contribution is 0.515. The Kier molecular flexibility index (Phi) is 4.29. The first-order valence-electron chi connectivity index (χ1n) is 7.91. The van der Waals surface area contributed by atoms with E-state index in [1.54, 1.807) is 29.1 Å². The third-order valence-electron chi connectivity index (χ3n) is 4.51. The normalized spacial score (nSPS) is 19.2. The van der Waals surface area contributed by atoms with Crippen molar-refractivity contribution in [3.63, 3.8) is 0 Å². The summed E-state index contributed by atoms with van der Waals surface area (Å²) in [6.45, 7) is 0.259. The first kappa shape index (κ1) is 17.5. The van der Waals surface area contributed by atoms with Gasteiger partial charge in [-0.3, -0.25) is 9.25 Å². The molecule has 1 aliphatic rings. The molecule has 10 heteroatoms. The van der Waals surface area contributed by atoms with Crippen molar-refractivity contribution < 1.29 is 8.42 Å². The Bertz CT molecular complexity index is 1170. The zero-order chi connectivity index (χ0) is 18.5. The van der Waals surface area contributed by atoms with E-state index in [1.165, 1.54) is 10.8 Å². The molecule has 7 nitrogen and oxygen atoms in total. The van der Waals surface area contributed by atoms with Crippen LogP contribution in [0.15, 0.2) is 35.4 Å². The van der Waals surface area contributed by atoms with E-state index in [0.29, 0.717) is 27.5 Å². The molecule has 1 saturated heterocycles. The Morgan fingerprint density at radius 2 is 1.96 bits per heavy atom. The van der Waals surface area contributed by atoms with Gasteiger partial charge in [0.1, 0.15) is 5.52 Å². The van der Waals surface area contributed by atoms with Crippen LogP contribution in [-0.2, 0) is 16.4 Å².